The topological polar surface area (TPSA) is 54.6 Å². The molecule has 0 saturated carbocycles. The molecule has 2 heterocycles. The molecule has 22 heavy (non-hydrogen) atoms. The number of imidazole rings is 1. The fraction of sp³-hybridized carbons (Fsp3) is 0.0588. The monoisotopic (exact) mass is 312 g/mol. The number of carboxylic acids is 1. The lowest BCUT2D eigenvalue weighted by Crippen LogP contribution is -1.91. The first-order chi connectivity index (χ1) is 10.5. The minimum Gasteiger partial charge on any atom is -0.478 e. The number of pyridine rings is 1. The van der Waals surface area contributed by atoms with Crippen LogP contribution in [0, 0.1) is 6.92 Å². The lowest BCUT2D eigenvalue weighted by atomic mass is 10.1. The summed E-state index contributed by atoms with van der Waals surface area (Å²) in [6.45, 7) is 1.99. The van der Waals surface area contributed by atoms with Crippen LogP contribution in [-0.4, -0.2) is 20.5 Å². The first-order valence-corrected chi connectivity index (χ1v) is 7.08. The van der Waals surface area contributed by atoms with E-state index in [1.807, 2.05) is 41.8 Å². The molecule has 0 aliphatic heterocycles. The molecule has 4 nitrogen and oxygen atoms in total. The summed E-state index contributed by atoms with van der Waals surface area (Å²) < 4.78 is 1.87. The van der Waals surface area contributed by atoms with Gasteiger partial charge in [0.25, 0.3) is 0 Å². The number of aromatic nitrogens is 2. The molecule has 1 aromatic carbocycles. The molecule has 110 valence electrons. The second-order valence-corrected chi connectivity index (χ2v) is 5.39. The van der Waals surface area contributed by atoms with Crippen molar-refractivity contribution in [2.24, 2.45) is 0 Å². The molecule has 0 atom stereocenters. The van der Waals surface area contributed by atoms with E-state index in [0.717, 1.165) is 34.2 Å². The van der Waals surface area contributed by atoms with Gasteiger partial charge < -0.3 is 5.11 Å². The zero-order valence-corrected chi connectivity index (χ0v) is 12.6. The van der Waals surface area contributed by atoms with Crippen molar-refractivity contribution in [3.05, 3.63) is 65.0 Å². The first-order valence-electron chi connectivity index (χ1n) is 6.70. The first kappa shape index (κ1) is 14.4. The minimum atomic E-state index is -0.996. The largest absolute Gasteiger partial charge is 0.478 e. The lowest BCUT2D eigenvalue weighted by molar-refractivity contribution is -0.131. The molecule has 0 radical (unpaired) electrons. The van der Waals surface area contributed by atoms with E-state index in [1.165, 1.54) is 0 Å². The Hall–Kier alpha value is -2.59. The van der Waals surface area contributed by atoms with Crippen LogP contribution >= 0.6 is 11.6 Å². The second kappa shape index (κ2) is 5.66. The van der Waals surface area contributed by atoms with Crippen molar-refractivity contribution in [2.45, 2.75) is 6.92 Å². The molecule has 0 bridgehead atoms. The van der Waals surface area contributed by atoms with E-state index >= 15 is 0 Å². The smallest absolute Gasteiger partial charge is 0.328 e. The summed E-state index contributed by atoms with van der Waals surface area (Å²) in [7, 11) is 0. The third-order valence-corrected chi connectivity index (χ3v) is 3.57. The van der Waals surface area contributed by atoms with Crippen molar-refractivity contribution in [3.63, 3.8) is 0 Å². The maximum atomic E-state index is 10.8. The molecule has 0 fully saturated rings. The van der Waals surface area contributed by atoms with Gasteiger partial charge in [-0.05, 0) is 42.8 Å². The number of aryl methyl sites for hydroxylation is 1. The van der Waals surface area contributed by atoms with Crippen LogP contribution in [0.1, 0.15) is 11.3 Å². The average molecular weight is 313 g/mol. The zero-order chi connectivity index (χ0) is 15.7. The van der Waals surface area contributed by atoms with Gasteiger partial charge in [0.2, 0.25) is 0 Å². The number of nitrogens with zero attached hydrogens (tertiary/aromatic N) is 2. The van der Waals surface area contributed by atoms with Gasteiger partial charge in [-0.2, -0.15) is 0 Å². The molecule has 0 aliphatic carbocycles. The molecule has 0 saturated heterocycles. The van der Waals surface area contributed by atoms with Gasteiger partial charge in [-0.1, -0.05) is 23.7 Å². The van der Waals surface area contributed by atoms with Crippen LogP contribution in [0.5, 0.6) is 0 Å². The van der Waals surface area contributed by atoms with Crippen molar-refractivity contribution in [1.29, 1.82) is 0 Å². The Labute approximate surface area is 132 Å². The number of benzene rings is 1. The fourth-order valence-electron chi connectivity index (χ4n) is 2.30. The number of halogens is 1. The molecule has 3 rings (SSSR count). The van der Waals surface area contributed by atoms with Gasteiger partial charge >= 0.3 is 5.97 Å². The lowest BCUT2D eigenvalue weighted by Gasteiger charge is -2.01. The van der Waals surface area contributed by atoms with E-state index in [2.05, 4.69) is 4.98 Å². The number of aliphatic carboxylic acids is 1. The highest BCUT2D eigenvalue weighted by atomic mass is 35.5. The summed E-state index contributed by atoms with van der Waals surface area (Å²) in [6, 6.07) is 11.2. The summed E-state index contributed by atoms with van der Waals surface area (Å²) in [6.07, 6.45) is 4.56. The summed E-state index contributed by atoms with van der Waals surface area (Å²) >= 11 is 5.92. The standard InChI is InChI=1S/C17H13ClN2O2/c1-11-8-9-20-14(6-7-16(21)22)17(19-15(20)10-11)12-2-4-13(18)5-3-12/h2-10H,1H3,(H,21,22). The van der Waals surface area contributed by atoms with Crippen molar-refractivity contribution >= 4 is 29.3 Å². The molecule has 2 aromatic heterocycles. The van der Waals surface area contributed by atoms with Crippen LogP contribution in [0.2, 0.25) is 5.02 Å². The summed E-state index contributed by atoms with van der Waals surface area (Å²) in [5.41, 5.74) is 4.19. The molecule has 5 heteroatoms. The Balaban J connectivity index is 2.25. The SMILES string of the molecule is Cc1ccn2c(C=CC(=O)O)c(-c3ccc(Cl)cc3)nc2c1. The molecular formula is C17H13ClN2O2. The van der Waals surface area contributed by atoms with E-state index in [9.17, 15) is 4.79 Å². The predicted octanol–water partition coefficient (Wildman–Crippen LogP) is 4.06. The number of fused-ring (bicyclic) bond motifs is 1. The maximum absolute atomic E-state index is 10.8. The fourth-order valence-corrected chi connectivity index (χ4v) is 2.42. The van der Waals surface area contributed by atoms with Gasteiger partial charge in [-0.15, -0.1) is 0 Å². The third-order valence-electron chi connectivity index (χ3n) is 3.32. The van der Waals surface area contributed by atoms with Gasteiger partial charge in [0, 0.05) is 22.9 Å². The molecule has 3 aromatic rings. The summed E-state index contributed by atoms with van der Waals surface area (Å²) in [5.74, 6) is -0.996. The Bertz CT molecular complexity index is 880. The van der Waals surface area contributed by atoms with Gasteiger partial charge in [-0.3, -0.25) is 4.40 Å². The van der Waals surface area contributed by atoms with Crippen molar-refractivity contribution < 1.29 is 9.90 Å². The second-order valence-electron chi connectivity index (χ2n) is 4.96. The van der Waals surface area contributed by atoms with Crippen molar-refractivity contribution in [1.82, 2.24) is 9.38 Å². The number of hydrogen-bond acceptors (Lipinski definition) is 2. The molecule has 0 spiro atoms. The van der Waals surface area contributed by atoms with Crippen LogP contribution in [0.25, 0.3) is 23.0 Å². The van der Waals surface area contributed by atoms with Gasteiger partial charge in [-0.25, -0.2) is 9.78 Å². The molecule has 0 amide bonds. The van der Waals surface area contributed by atoms with Crippen LogP contribution in [0.3, 0.4) is 0 Å². The van der Waals surface area contributed by atoms with Crippen LogP contribution in [0.4, 0.5) is 0 Å². The van der Waals surface area contributed by atoms with Crippen molar-refractivity contribution in [3.8, 4) is 11.3 Å². The van der Waals surface area contributed by atoms with E-state index in [-0.39, 0.29) is 0 Å². The van der Waals surface area contributed by atoms with E-state index in [1.54, 1.807) is 18.2 Å². The van der Waals surface area contributed by atoms with Gasteiger partial charge in [0.05, 0.1) is 11.4 Å². The van der Waals surface area contributed by atoms with E-state index in [0.29, 0.717) is 5.02 Å². The van der Waals surface area contributed by atoms with Gasteiger partial charge in [0.15, 0.2) is 0 Å². The van der Waals surface area contributed by atoms with Crippen molar-refractivity contribution in [2.75, 3.05) is 0 Å². The quantitative estimate of drug-likeness (QED) is 0.742. The Kier molecular flexibility index (Phi) is 3.69. The molecule has 1 N–H and O–H groups in total. The highest BCUT2D eigenvalue weighted by Gasteiger charge is 2.12. The summed E-state index contributed by atoms with van der Waals surface area (Å²) in [4.78, 5) is 15.5. The summed E-state index contributed by atoms with van der Waals surface area (Å²) in [5, 5.41) is 9.54. The number of carboxylic acid groups (broad SMARTS) is 1. The van der Waals surface area contributed by atoms with Gasteiger partial charge in [0.1, 0.15) is 5.65 Å². The minimum absolute atomic E-state index is 0.644. The Morgan fingerprint density at radius 1 is 1.27 bits per heavy atom. The normalized spacial score (nSPS) is 11.4. The van der Waals surface area contributed by atoms with E-state index < -0.39 is 5.97 Å². The van der Waals surface area contributed by atoms with Crippen LogP contribution in [-0.2, 0) is 4.79 Å². The number of rotatable bonds is 3. The van der Waals surface area contributed by atoms with Crippen LogP contribution < -0.4 is 0 Å². The Morgan fingerprint density at radius 2 is 2.00 bits per heavy atom. The molecule has 0 aliphatic rings. The zero-order valence-electron chi connectivity index (χ0n) is 11.8. The predicted molar refractivity (Wildman–Crippen MR) is 87.0 cm³/mol. The Morgan fingerprint density at radius 3 is 2.68 bits per heavy atom. The maximum Gasteiger partial charge on any atom is 0.328 e. The molecule has 0 unspecified atom stereocenters. The number of hydrogen-bond donors (Lipinski definition) is 1. The third kappa shape index (κ3) is 2.73. The van der Waals surface area contributed by atoms with Crippen LogP contribution in [0.15, 0.2) is 48.7 Å². The van der Waals surface area contributed by atoms with E-state index in [4.69, 9.17) is 16.7 Å². The molecular weight excluding hydrogens is 300 g/mol. The number of carbonyl (C=O) groups is 1. The average Bonchev–Trinajstić information content (AvgIpc) is 2.83. The highest BCUT2D eigenvalue weighted by molar-refractivity contribution is 6.30. The highest BCUT2D eigenvalue weighted by Crippen LogP contribution is 2.27.